The Morgan fingerprint density at radius 2 is 2.06 bits per heavy atom. The van der Waals surface area contributed by atoms with E-state index >= 15 is 0 Å². The fourth-order valence-corrected chi connectivity index (χ4v) is 3.90. The van der Waals surface area contributed by atoms with Crippen LogP contribution in [-0.4, -0.2) is 63.1 Å². The Labute approximate surface area is 197 Å². The van der Waals surface area contributed by atoms with Crippen LogP contribution in [0, 0.1) is 5.82 Å². The molecule has 0 saturated carbocycles. The van der Waals surface area contributed by atoms with E-state index in [4.69, 9.17) is 16.3 Å². The lowest BCUT2D eigenvalue weighted by atomic mass is 10.2. The zero-order valence-electron chi connectivity index (χ0n) is 17.4. The van der Waals surface area contributed by atoms with Crippen molar-refractivity contribution >= 4 is 58.1 Å². The lowest BCUT2D eigenvalue weighted by Gasteiger charge is -2.27. The minimum atomic E-state index is -1.20. The smallest absolute Gasteiger partial charge is 0.315 e. The SMILES string of the molecule is CNC(=O)N[C@H](CNC(=O)c1ccc(Cl)s1)C(=O)Nc1ccc(N2CCOCC2=O)cc1F. The molecule has 1 aromatic carbocycles. The summed E-state index contributed by atoms with van der Waals surface area (Å²) < 4.78 is 20.1. The van der Waals surface area contributed by atoms with Gasteiger partial charge in [-0.25, -0.2) is 9.18 Å². The topological polar surface area (TPSA) is 129 Å². The quantitative estimate of drug-likeness (QED) is 0.461. The molecule has 3 rings (SSSR count). The molecule has 10 nitrogen and oxygen atoms in total. The number of urea groups is 1. The number of hydrogen-bond donors (Lipinski definition) is 4. The number of hydrogen-bond acceptors (Lipinski definition) is 6. The molecule has 1 saturated heterocycles. The number of amides is 5. The number of rotatable bonds is 7. The standard InChI is InChI=1S/C20H21ClFN5O5S/c1-23-20(31)26-14(9-24-19(30)15-4-5-16(21)33-15)18(29)25-13-3-2-11(8-12(13)22)27-6-7-32-10-17(27)28/h2-5,8,14H,6-7,9-10H2,1H3,(H,24,30)(H,25,29)(H2,23,26,31)/t14-/m1/s1. The number of nitrogens with zero attached hydrogens (tertiary/aromatic N) is 1. The normalized spacial score (nSPS) is 14.4. The number of ether oxygens (including phenoxy) is 1. The predicted molar refractivity (Wildman–Crippen MR) is 121 cm³/mol. The molecule has 2 heterocycles. The minimum absolute atomic E-state index is 0.0870. The monoisotopic (exact) mass is 497 g/mol. The highest BCUT2D eigenvalue weighted by Gasteiger charge is 2.24. The molecule has 0 spiro atoms. The molecule has 1 aliphatic heterocycles. The third-order valence-corrected chi connectivity index (χ3v) is 5.85. The Morgan fingerprint density at radius 1 is 1.27 bits per heavy atom. The molecule has 33 heavy (non-hydrogen) atoms. The molecule has 176 valence electrons. The van der Waals surface area contributed by atoms with Gasteiger partial charge < -0.3 is 30.9 Å². The highest BCUT2D eigenvalue weighted by Crippen LogP contribution is 2.24. The van der Waals surface area contributed by atoms with Crippen molar-refractivity contribution in [3.05, 3.63) is 45.4 Å². The first-order chi connectivity index (χ1) is 15.8. The molecule has 1 atom stereocenters. The molecule has 0 aliphatic carbocycles. The second kappa shape index (κ2) is 11.1. The van der Waals surface area contributed by atoms with Gasteiger partial charge in [0.05, 0.1) is 21.5 Å². The fraction of sp³-hybridized carbons (Fsp3) is 0.300. The Morgan fingerprint density at radius 3 is 2.70 bits per heavy atom. The van der Waals surface area contributed by atoms with E-state index in [2.05, 4.69) is 21.3 Å². The van der Waals surface area contributed by atoms with Gasteiger partial charge in [0.25, 0.3) is 11.8 Å². The van der Waals surface area contributed by atoms with Gasteiger partial charge >= 0.3 is 6.03 Å². The summed E-state index contributed by atoms with van der Waals surface area (Å²) in [6, 6.07) is 5.15. The first-order valence-electron chi connectivity index (χ1n) is 9.78. The molecule has 2 aromatic rings. The Hall–Kier alpha value is -3.22. The van der Waals surface area contributed by atoms with E-state index in [0.717, 1.165) is 17.4 Å². The lowest BCUT2D eigenvalue weighted by molar-refractivity contribution is -0.125. The van der Waals surface area contributed by atoms with Gasteiger partial charge in [-0.3, -0.25) is 14.4 Å². The maximum Gasteiger partial charge on any atom is 0.315 e. The van der Waals surface area contributed by atoms with E-state index in [1.54, 1.807) is 6.07 Å². The molecule has 5 amide bonds. The summed E-state index contributed by atoms with van der Waals surface area (Å²) in [5, 5.41) is 9.65. The number of morpholine rings is 1. The molecule has 0 bridgehead atoms. The summed E-state index contributed by atoms with van der Waals surface area (Å²) in [4.78, 5) is 50.4. The Bertz CT molecular complexity index is 1070. The number of carbonyl (C=O) groups is 4. The van der Waals surface area contributed by atoms with Crippen LogP contribution >= 0.6 is 22.9 Å². The van der Waals surface area contributed by atoms with Crippen molar-refractivity contribution in [1.82, 2.24) is 16.0 Å². The summed E-state index contributed by atoms with van der Waals surface area (Å²) in [5.41, 5.74) is 0.185. The molecule has 0 radical (unpaired) electrons. The number of anilines is 2. The van der Waals surface area contributed by atoms with E-state index in [-0.39, 0.29) is 31.3 Å². The van der Waals surface area contributed by atoms with Crippen LogP contribution in [0.2, 0.25) is 4.34 Å². The van der Waals surface area contributed by atoms with Crippen molar-refractivity contribution in [3.63, 3.8) is 0 Å². The van der Waals surface area contributed by atoms with Gasteiger partial charge in [0.15, 0.2) is 0 Å². The van der Waals surface area contributed by atoms with Crippen molar-refractivity contribution in [3.8, 4) is 0 Å². The van der Waals surface area contributed by atoms with E-state index in [0.29, 0.717) is 21.5 Å². The predicted octanol–water partition coefficient (Wildman–Crippen LogP) is 1.57. The van der Waals surface area contributed by atoms with Gasteiger partial charge in [-0.15, -0.1) is 11.3 Å². The summed E-state index contributed by atoms with van der Waals surface area (Å²) >= 11 is 6.88. The largest absolute Gasteiger partial charge is 0.370 e. The summed E-state index contributed by atoms with van der Waals surface area (Å²) in [5.74, 6) is -2.29. The summed E-state index contributed by atoms with van der Waals surface area (Å²) in [6.07, 6.45) is 0. The maximum atomic E-state index is 14.7. The van der Waals surface area contributed by atoms with Crippen LogP contribution in [0.5, 0.6) is 0 Å². The highest BCUT2D eigenvalue weighted by atomic mass is 35.5. The number of benzene rings is 1. The van der Waals surface area contributed by atoms with Crippen molar-refractivity contribution in [2.24, 2.45) is 0 Å². The number of nitrogens with one attached hydrogen (secondary N) is 4. The highest BCUT2D eigenvalue weighted by molar-refractivity contribution is 7.18. The van der Waals surface area contributed by atoms with Crippen LogP contribution in [0.1, 0.15) is 9.67 Å². The maximum absolute atomic E-state index is 14.7. The van der Waals surface area contributed by atoms with Gasteiger partial charge in [0.2, 0.25) is 5.91 Å². The zero-order valence-corrected chi connectivity index (χ0v) is 19.0. The van der Waals surface area contributed by atoms with Gasteiger partial charge in [0.1, 0.15) is 18.5 Å². The van der Waals surface area contributed by atoms with Crippen LogP contribution in [0.4, 0.5) is 20.6 Å². The molecular formula is C20H21ClFN5O5S. The van der Waals surface area contributed by atoms with Crippen molar-refractivity contribution in [1.29, 1.82) is 0 Å². The van der Waals surface area contributed by atoms with E-state index in [1.165, 1.54) is 30.1 Å². The van der Waals surface area contributed by atoms with E-state index < -0.39 is 29.7 Å². The molecule has 1 fully saturated rings. The first-order valence-corrected chi connectivity index (χ1v) is 11.0. The first kappa shape index (κ1) is 24.4. The fourth-order valence-electron chi connectivity index (χ4n) is 2.94. The second-order valence-electron chi connectivity index (χ2n) is 6.84. The van der Waals surface area contributed by atoms with Crippen LogP contribution in [-0.2, 0) is 14.3 Å². The summed E-state index contributed by atoms with van der Waals surface area (Å²) in [6.45, 7) is 0.283. The van der Waals surface area contributed by atoms with Crippen LogP contribution in [0.15, 0.2) is 30.3 Å². The van der Waals surface area contributed by atoms with E-state index in [9.17, 15) is 23.6 Å². The molecule has 13 heteroatoms. The van der Waals surface area contributed by atoms with Gasteiger partial charge in [-0.2, -0.15) is 0 Å². The second-order valence-corrected chi connectivity index (χ2v) is 8.56. The van der Waals surface area contributed by atoms with Gasteiger partial charge in [-0.05, 0) is 30.3 Å². The average molecular weight is 498 g/mol. The van der Waals surface area contributed by atoms with Crippen LogP contribution < -0.4 is 26.2 Å². The third kappa shape index (κ3) is 6.40. The number of thiophene rings is 1. The van der Waals surface area contributed by atoms with Gasteiger partial charge in [0, 0.05) is 25.8 Å². The average Bonchev–Trinajstić information content (AvgIpc) is 3.24. The Kier molecular flexibility index (Phi) is 8.20. The third-order valence-electron chi connectivity index (χ3n) is 4.62. The molecule has 4 N–H and O–H groups in total. The lowest BCUT2D eigenvalue weighted by Crippen LogP contribution is -2.52. The van der Waals surface area contributed by atoms with Crippen molar-refractivity contribution < 1.29 is 28.3 Å². The zero-order chi connectivity index (χ0) is 24.0. The van der Waals surface area contributed by atoms with Crippen molar-refractivity contribution in [2.45, 2.75) is 6.04 Å². The molecule has 1 aliphatic rings. The van der Waals surface area contributed by atoms with Crippen molar-refractivity contribution in [2.75, 3.05) is 43.6 Å². The molecular weight excluding hydrogens is 477 g/mol. The Balaban J connectivity index is 1.68. The van der Waals surface area contributed by atoms with Crippen LogP contribution in [0.3, 0.4) is 0 Å². The molecule has 1 aromatic heterocycles. The minimum Gasteiger partial charge on any atom is -0.370 e. The number of halogens is 2. The van der Waals surface area contributed by atoms with E-state index in [1.807, 2.05) is 0 Å². The summed E-state index contributed by atoms with van der Waals surface area (Å²) in [7, 11) is 1.36. The number of carbonyl (C=O) groups excluding carboxylic acids is 4. The van der Waals surface area contributed by atoms with Gasteiger partial charge in [-0.1, -0.05) is 11.6 Å². The molecule has 0 unspecified atom stereocenters. The van der Waals surface area contributed by atoms with Crippen LogP contribution in [0.25, 0.3) is 0 Å².